The van der Waals surface area contributed by atoms with Crippen molar-refractivity contribution in [3.05, 3.63) is 23.8 Å². The normalized spacial score (nSPS) is 16.8. The fourth-order valence-electron chi connectivity index (χ4n) is 1.46. The number of benzene rings is 1. The lowest BCUT2D eigenvalue weighted by Gasteiger charge is -2.19. The van der Waals surface area contributed by atoms with E-state index in [0.717, 1.165) is 5.56 Å². The van der Waals surface area contributed by atoms with Gasteiger partial charge in [0.25, 0.3) is 0 Å². The predicted octanol–water partition coefficient (Wildman–Crippen LogP) is 2.34. The molecule has 0 fully saturated rings. The van der Waals surface area contributed by atoms with Crippen LogP contribution in [-0.4, -0.2) is 28.4 Å². The molecule has 0 radical (unpaired) electrons. The van der Waals surface area contributed by atoms with Gasteiger partial charge in [-0.25, -0.2) is 4.21 Å². The van der Waals surface area contributed by atoms with Gasteiger partial charge in [0, 0.05) is 11.8 Å². The van der Waals surface area contributed by atoms with Gasteiger partial charge in [-0.3, -0.25) is 0 Å². The third kappa shape index (κ3) is 2.90. The topological polar surface area (TPSA) is 47.9 Å². The standard InChI is InChI=1S/C13H17NO3S/c1-13(2,3)18(15)14-9-10-5-4-6-11-12(10)17-8-7-16-11/h4-6,9H,7-8H2,1-3H3/b14-9+/t18-/m1/s1. The second-order valence-corrected chi connectivity index (χ2v) is 6.90. The molecular formula is C13H17NO3S. The maximum absolute atomic E-state index is 11.8. The molecule has 0 aromatic heterocycles. The summed E-state index contributed by atoms with van der Waals surface area (Å²) in [5.74, 6) is 1.39. The molecule has 0 saturated carbocycles. The van der Waals surface area contributed by atoms with Crippen molar-refractivity contribution < 1.29 is 13.7 Å². The second-order valence-electron chi connectivity index (χ2n) is 4.97. The van der Waals surface area contributed by atoms with Crippen LogP contribution in [0.25, 0.3) is 0 Å². The SMILES string of the molecule is CC(C)(C)[S@@](=O)/N=C/c1cccc2c1OCCO2. The summed E-state index contributed by atoms with van der Waals surface area (Å²) in [5, 5.41) is 0. The minimum atomic E-state index is -1.27. The van der Waals surface area contributed by atoms with E-state index in [-0.39, 0.29) is 4.75 Å². The number of hydrogen-bond donors (Lipinski definition) is 0. The predicted molar refractivity (Wildman–Crippen MR) is 72.9 cm³/mol. The Morgan fingerprint density at radius 1 is 1.28 bits per heavy atom. The van der Waals surface area contributed by atoms with E-state index in [4.69, 9.17) is 9.47 Å². The van der Waals surface area contributed by atoms with E-state index in [1.54, 1.807) is 6.21 Å². The van der Waals surface area contributed by atoms with Crippen molar-refractivity contribution >= 4 is 17.2 Å². The van der Waals surface area contributed by atoms with E-state index in [2.05, 4.69) is 4.40 Å². The Labute approximate surface area is 110 Å². The molecule has 18 heavy (non-hydrogen) atoms. The van der Waals surface area contributed by atoms with Crippen LogP contribution in [0.5, 0.6) is 11.5 Å². The molecule has 5 heteroatoms. The molecule has 0 aliphatic carbocycles. The average molecular weight is 267 g/mol. The number of para-hydroxylation sites is 1. The fourth-order valence-corrected chi connectivity index (χ4v) is 1.99. The lowest BCUT2D eigenvalue weighted by molar-refractivity contribution is 0.171. The molecule has 98 valence electrons. The summed E-state index contributed by atoms with van der Waals surface area (Å²) < 4.78 is 26.6. The molecule has 0 N–H and O–H groups in total. The molecule has 1 atom stereocenters. The van der Waals surface area contributed by atoms with Crippen LogP contribution in [0.1, 0.15) is 26.3 Å². The van der Waals surface area contributed by atoms with E-state index in [0.29, 0.717) is 24.7 Å². The monoisotopic (exact) mass is 267 g/mol. The first-order valence-corrected chi connectivity index (χ1v) is 6.94. The smallest absolute Gasteiger partial charge is 0.170 e. The molecule has 0 saturated heterocycles. The lowest BCUT2D eigenvalue weighted by Crippen LogP contribution is -2.20. The Morgan fingerprint density at radius 3 is 2.72 bits per heavy atom. The van der Waals surface area contributed by atoms with Crippen molar-refractivity contribution in [1.29, 1.82) is 0 Å². The highest BCUT2D eigenvalue weighted by molar-refractivity contribution is 7.85. The van der Waals surface area contributed by atoms with Crippen molar-refractivity contribution in [1.82, 2.24) is 0 Å². The largest absolute Gasteiger partial charge is 0.486 e. The zero-order valence-corrected chi connectivity index (χ0v) is 11.6. The van der Waals surface area contributed by atoms with Crippen molar-refractivity contribution in [2.45, 2.75) is 25.5 Å². The van der Waals surface area contributed by atoms with Crippen molar-refractivity contribution in [2.24, 2.45) is 4.40 Å². The Kier molecular flexibility index (Phi) is 3.71. The minimum absolute atomic E-state index is 0.358. The summed E-state index contributed by atoms with van der Waals surface area (Å²) >= 11 is 0. The van der Waals surface area contributed by atoms with Gasteiger partial charge in [0.2, 0.25) is 0 Å². The molecule has 1 aliphatic rings. The summed E-state index contributed by atoms with van der Waals surface area (Å²) in [6.07, 6.45) is 1.59. The summed E-state index contributed by atoms with van der Waals surface area (Å²) in [6, 6.07) is 5.60. The van der Waals surface area contributed by atoms with Crippen molar-refractivity contribution in [3.8, 4) is 11.5 Å². The van der Waals surface area contributed by atoms with Crippen molar-refractivity contribution in [3.63, 3.8) is 0 Å². The summed E-state index contributed by atoms with van der Waals surface area (Å²) in [4.78, 5) is 0. The van der Waals surface area contributed by atoms with Crippen LogP contribution >= 0.6 is 0 Å². The number of ether oxygens (including phenoxy) is 2. The third-order valence-corrected chi connectivity index (χ3v) is 3.75. The molecule has 0 spiro atoms. The minimum Gasteiger partial charge on any atom is -0.486 e. The maximum atomic E-state index is 11.8. The molecule has 4 nitrogen and oxygen atoms in total. The lowest BCUT2D eigenvalue weighted by atomic mass is 10.2. The van der Waals surface area contributed by atoms with Crippen LogP contribution in [0.15, 0.2) is 22.6 Å². The van der Waals surface area contributed by atoms with Crippen LogP contribution in [0.3, 0.4) is 0 Å². The van der Waals surface area contributed by atoms with Gasteiger partial charge in [-0.2, -0.15) is 4.40 Å². The van der Waals surface area contributed by atoms with E-state index in [9.17, 15) is 4.21 Å². The number of nitrogens with zero attached hydrogens (tertiary/aromatic N) is 1. The molecule has 0 amide bonds. The first kappa shape index (κ1) is 13.1. The van der Waals surface area contributed by atoms with Gasteiger partial charge in [-0.1, -0.05) is 6.07 Å². The molecule has 1 aliphatic heterocycles. The number of fused-ring (bicyclic) bond motifs is 1. The van der Waals surface area contributed by atoms with Gasteiger partial charge >= 0.3 is 0 Å². The highest BCUT2D eigenvalue weighted by Gasteiger charge is 2.19. The highest BCUT2D eigenvalue weighted by atomic mass is 32.2. The maximum Gasteiger partial charge on any atom is 0.170 e. The van der Waals surface area contributed by atoms with E-state index < -0.39 is 11.0 Å². The van der Waals surface area contributed by atoms with Crippen LogP contribution in [0, 0.1) is 0 Å². The first-order valence-electron chi connectivity index (χ1n) is 5.83. The molecular weight excluding hydrogens is 250 g/mol. The average Bonchev–Trinajstić information content (AvgIpc) is 2.34. The summed E-state index contributed by atoms with van der Waals surface area (Å²) in [7, 11) is -1.27. The van der Waals surface area contributed by atoms with Gasteiger partial charge in [0.1, 0.15) is 24.2 Å². The van der Waals surface area contributed by atoms with E-state index in [1.165, 1.54) is 0 Å². The summed E-state index contributed by atoms with van der Waals surface area (Å²) in [6.45, 7) is 6.75. The van der Waals surface area contributed by atoms with Gasteiger partial charge in [0.05, 0.1) is 4.75 Å². The first-order chi connectivity index (χ1) is 8.48. The Hall–Kier alpha value is -1.36. The van der Waals surface area contributed by atoms with Crippen LogP contribution in [0.4, 0.5) is 0 Å². The number of hydrogen-bond acceptors (Lipinski definition) is 3. The molecule has 0 bridgehead atoms. The Bertz CT molecular complexity index is 491. The molecule has 2 rings (SSSR count). The van der Waals surface area contributed by atoms with Gasteiger partial charge in [-0.05, 0) is 32.9 Å². The Balaban J connectivity index is 2.25. The van der Waals surface area contributed by atoms with Crippen molar-refractivity contribution in [2.75, 3.05) is 13.2 Å². The zero-order chi connectivity index (χ0) is 13.2. The van der Waals surface area contributed by atoms with E-state index in [1.807, 2.05) is 39.0 Å². The molecule has 1 aromatic rings. The number of rotatable bonds is 2. The van der Waals surface area contributed by atoms with Gasteiger partial charge in [-0.15, -0.1) is 0 Å². The van der Waals surface area contributed by atoms with Crippen LogP contribution in [-0.2, 0) is 11.0 Å². The van der Waals surface area contributed by atoms with E-state index >= 15 is 0 Å². The van der Waals surface area contributed by atoms with Crippen LogP contribution < -0.4 is 9.47 Å². The second kappa shape index (κ2) is 5.10. The highest BCUT2D eigenvalue weighted by Crippen LogP contribution is 2.32. The molecule has 1 aromatic carbocycles. The van der Waals surface area contributed by atoms with Crippen LogP contribution in [0.2, 0.25) is 0 Å². The Morgan fingerprint density at radius 2 is 2.00 bits per heavy atom. The quantitative estimate of drug-likeness (QED) is 0.773. The molecule has 1 heterocycles. The summed E-state index contributed by atoms with van der Waals surface area (Å²) in [5.41, 5.74) is 0.796. The van der Waals surface area contributed by atoms with Gasteiger partial charge in [0.15, 0.2) is 11.5 Å². The fraction of sp³-hybridized carbons (Fsp3) is 0.462. The van der Waals surface area contributed by atoms with Gasteiger partial charge < -0.3 is 9.47 Å². The molecule has 0 unspecified atom stereocenters. The third-order valence-electron chi connectivity index (χ3n) is 2.41. The zero-order valence-electron chi connectivity index (χ0n) is 10.8.